The monoisotopic (exact) mass is 250 g/mol. The minimum absolute atomic E-state index is 0.699. The van der Waals surface area contributed by atoms with Crippen molar-refractivity contribution < 1.29 is 0 Å². The maximum Gasteiger partial charge on any atom is 0.0602 e. The average Bonchev–Trinajstić information content (AvgIpc) is 2.33. The van der Waals surface area contributed by atoms with E-state index in [1.807, 2.05) is 0 Å². The fourth-order valence-electron chi connectivity index (χ4n) is 2.06. The van der Waals surface area contributed by atoms with Crippen molar-refractivity contribution >= 4 is 0 Å². The lowest BCUT2D eigenvalue weighted by Crippen LogP contribution is -2.46. The Balaban J connectivity index is 2.12. The van der Waals surface area contributed by atoms with Gasteiger partial charge in [0.15, 0.2) is 0 Å². The molecule has 2 nitrogen and oxygen atoms in total. The van der Waals surface area contributed by atoms with E-state index in [-0.39, 0.29) is 0 Å². The van der Waals surface area contributed by atoms with Gasteiger partial charge in [0.25, 0.3) is 0 Å². The first-order valence-corrected chi connectivity index (χ1v) is 7.48. The Morgan fingerprint density at radius 2 is 1.44 bits per heavy atom. The Labute approximate surface area is 114 Å². The zero-order valence-electron chi connectivity index (χ0n) is 12.7. The van der Waals surface area contributed by atoms with E-state index in [9.17, 15) is 0 Å². The van der Waals surface area contributed by atoms with Gasteiger partial charge in [0.1, 0.15) is 0 Å². The molecule has 18 heavy (non-hydrogen) atoms. The number of hydrogen-bond acceptors (Lipinski definition) is 2. The van der Waals surface area contributed by atoms with Crippen molar-refractivity contribution in [3.63, 3.8) is 0 Å². The van der Waals surface area contributed by atoms with E-state index in [1.54, 1.807) is 0 Å². The van der Waals surface area contributed by atoms with E-state index in [1.165, 1.54) is 39.1 Å². The molecule has 0 aliphatic carbocycles. The zero-order valence-corrected chi connectivity index (χ0v) is 12.7. The highest BCUT2D eigenvalue weighted by atomic mass is 15.3. The predicted octanol–water partition coefficient (Wildman–Crippen LogP) is 2.70. The van der Waals surface area contributed by atoms with E-state index in [0.29, 0.717) is 5.92 Å². The summed E-state index contributed by atoms with van der Waals surface area (Å²) in [5.74, 6) is 8.11. The van der Waals surface area contributed by atoms with Gasteiger partial charge in [-0.25, -0.2) is 0 Å². The van der Waals surface area contributed by atoms with Crippen molar-refractivity contribution in [2.45, 2.75) is 40.5 Å². The highest BCUT2D eigenvalue weighted by Crippen LogP contribution is 2.06. The second-order valence-corrected chi connectivity index (χ2v) is 6.25. The lowest BCUT2D eigenvalue weighted by atomic mass is 10.1. The molecule has 0 atom stereocenters. The number of rotatable bonds is 5. The van der Waals surface area contributed by atoms with Crippen molar-refractivity contribution in [1.82, 2.24) is 9.80 Å². The van der Waals surface area contributed by atoms with Crippen LogP contribution in [0.3, 0.4) is 0 Å². The summed E-state index contributed by atoms with van der Waals surface area (Å²) in [6, 6.07) is 0. The summed E-state index contributed by atoms with van der Waals surface area (Å²) < 4.78 is 0. The fraction of sp³-hybridized carbons (Fsp3) is 0.875. The zero-order chi connectivity index (χ0) is 13.4. The first-order valence-electron chi connectivity index (χ1n) is 7.48. The molecule has 1 rings (SSSR count). The van der Waals surface area contributed by atoms with Crippen molar-refractivity contribution in [2.24, 2.45) is 11.8 Å². The molecule has 0 N–H and O–H groups in total. The van der Waals surface area contributed by atoms with Gasteiger partial charge in [-0.3, -0.25) is 4.90 Å². The molecular weight excluding hydrogens is 220 g/mol. The maximum absolute atomic E-state index is 3.31. The van der Waals surface area contributed by atoms with E-state index in [2.05, 4.69) is 49.3 Å². The number of piperazine rings is 1. The van der Waals surface area contributed by atoms with Crippen LogP contribution in [0.1, 0.15) is 40.5 Å². The Bertz CT molecular complexity index is 265. The summed E-state index contributed by atoms with van der Waals surface area (Å²) >= 11 is 0. The number of hydrogen-bond donors (Lipinski definition) is 0. The minimum atomic E-state index is 0.699. The Kier molecular flexibility index (Phi) is 7.39. The minimum Gasteiger partial charge on any atom is -0.301 e. The van der Waals surface area contributed by atoms with E-state index in [0.717, 1.165) is 18.9 Å². The molecule has 1 aliphatic heterocycles. The van der Waals surface area contributed by atoms with Crippen LogP contribution in [0.5, 0.6) is 0 Å². The molecule has 0 aromatic carbocycles. The van der Waals surface area contributed by atoms with Gasteiger partial charge >= 0.3 is 0 Å². The van der Waals surface area contributed by atoms with Crippen molar-refractivity contribution in [2.75, 3.05) is 39.3 Å². The van der Waals surface area contributed by atoms with Crippen LogP contribution in [0, 0.1) is 23.7 Å². The third-order valence-corrected chi connectivity index (χ3v) is 3.43. The van der Waals surface area contributed by atoms with Gasteiger partial charge in [0.05, 0.1) is 6.54 Å². The Morgan fingerprint density at radius 1 is 0.833 bits per heavy atom. The molecule has 2 heteroatoms. The van der Waals surface area contributed by atoms with Gasteiger partial charge in [-0.1, -0.05) is 33.6 Å². The van der Waals surface area contributed by atoms with Crippen LogP contribution in [-0.4, -0.2) is 49.1 Å². The Morgan fingerprint density at radius 3 is 2.00 bits per heavy atom. The first-order chi connectivity index (χ1) is 8.58. The van der Waals surface area contributed by atoms with Crippen LogP contribution in [0.25, 0.3) is 0 Å². The van der Waals surface area contributed by atoms with Crippen molar-refractivity contribution in [1.29, 1.82) is 0 Å². The topological polar surface area (TPSA) is 6.48 Å². The fourth-order valence-corrected chi connectivity index (χ4v) is 2.06. The summed E-state index contributed by atoms with van der Waals surface area (Å²) in [6.07, 6.45) is 2.36. The molecule has 0 saturated carbocycles. The Hall–Kier alpha value is -0.520. The standard InChI is InChI=1S/C16H30N2/c1-15(2)7-5-6-9-17-11-13-18(14-12-17)10-8-16(3)4/h15-16H,7-14H2,1-4H3. The summed E-state index contributed by atoms with van der Waals surface area (Å²) in [6.45, 7) is 16.1. The summed E-state index contributed by atoms with van der Waals surface area (Å²) in [5, 5.41) is 0. The summed E-state index contributed by atoms with van der Waals surface area (Å²) in [7, 11) is 0. The number of nitrogens with zero attached hydrogens (tertiary/aromatic N) is 2. The van der Waals surface area contributed by atoms with Gasteiger partial charge < -0.3 is 4.90 Å². The van der Waals surface area contributed by atoms with Gasteiger partial charge in [-0.2, -0.15) is 0 Å². The van der Waals surface area contributed by atoms with Gasteiger partial charge in [-0.05, 0) is 24.8 Å². The van der Waals surface area contributed by atoms with Crippen molar-refractivity contribution in [3.8, 4) is 11.8 Å². The van der Waals surface area contributed by atoms with Crippen LogP contribution in [0.15, 0.2) is 0 Å². The second kappa shape index (κ2) is 8.56. The highest BCUT2D eigenvalue weighted by Gasteiger charge is 2.15. The molecule has 0 radical (unpaired) electrons. The molecule has 0 aromatic heterocycles. The molecule has 1 fully saturated rings. The first kappa shape index (κ1) is 15.5. The van der Waals surface area contributed by atoms with Crippen molar-refractivity contribution in [3.05, 3.63) is 0 Å². The molecule has 1 saturated heterocycles. The molecule has 104 valence electrons. The molecular formula is C16H30N2. The second-order valence-electron chi connectivity index (χ2n) is 6.25. The van der Waals surface area contributed by atoms with Crippen LogP contribution in [0.4, 0.5) is 0 Å². The quantitative estimate of drug-likeness (QED) is 0.692. The molecule has 1 heterocycles. The van der Waals surface area contributed by atoms with E-state index >= 15 is 0 Å². The maximum atomic E-state index is 3.31. The smallest absolute Gasteiger partial charge is 0.0602 e. The molecule has 0 spiro atoms. The summed E-state index contributed by atoms with van der Waals surface area (Å²) in [4.78, 5) is 5.08. The van der Waals surface area contributed by atoms with E-state index < -0.39 is 0 Å². The highest BCUT2D eigenvalue weighted by molar-refractivity contribution is 5.02. The van der Waals surface area contributed by atoms with Gasteiger partial charge in [0, 0.05) is 32.6 Å². The largest absolute Gasteiger partial charge is 0.301 e. The van der Waals surface area contributed by atoms with Gasteiger partial charge in [-0.15, -0.1) is 5.92 Å². The van der Waals surface area contributed by atoms with Crippen LogP contribution in [0.2, 0.25) is 0 Å². The molecule has 1 aliphatic rings. The molecule has 0 unspecified atom stereocenters. The predicted molar refractivity (Wildman–Crippen MR) is 79.6 cm³/mol. The normalized spacial score (nSPS) is 18.1. The van der Waals surface area contributed by atoms with Crippen LogP contribution >= 0.6 is 0 Å². The lowest BCUT2D eigenvalue weighted by Gasteiger charge is -2.33. The third kappa shape index (κ3) is 7.03. The van der Waals surface area contributed by atoms with E-state index in [4.69, 9.17) is 0 Å². The molecule has 0 bridgehead atoms. The van der Waals surface area contributed by atoms with Crippen LogP contribution < -0.4 is 0 Å². The molecule has 0 amide bonds. The third-order valence-electron chi connectivity index (χ3n) is 3.43. The summed E-state index contributed by atoms with van der Waals surface area (Å²) in [5.41, 5.74) is 0. The molecule has 0 aromatic rings. The van der Waals surface area contributed by atoms with Crippen LogP contribution in [-0.2, 0) is 0 Å². The SMILES string of the molecule is CC(C)CC#CCN1CCN(CCC(C)C)CC1. The lowest BCUT2D eigenvalue weighted by molar-refractivity contribution is 0.139. The average molecular weight is 250 g/mol. The van der Waals surface area contributed by atoms with Gasteiger partial charge in [0.2, 0.25) is 0 Å².